The van der Waals surface area contributed by atoms with Crippen LogP contribution in [0.2, 0.25) is 0 Å². The Balaban J connectivity index is 2.47. The highest BCUT2D eigenvalue weighted by atomic mass is 32.2. The maximum Gasteiger partial charge on any atom is 0.264 e. The van der Waals surface area contributed by atoms with E-state index >= 15 is 0 Å². The molecule has 0 bridgehead atoms. The molecule has 0 radical (unpaired) electrons. The van der Waals surface area contributed by atoms with Gasteiger partial charge in [0.15, 0.2) is 0 Å². The maximum absolute atomic E-state index is 13.2. The van der Waals surface area contributed by atoms with Gasteiger partial charge >= 0.3 is 0 Å². The summed E-state index contributed by atoms with van der Waals surface area (Å²) in [6, 6.07) is 4.64. The fourth-order valence-corrected chi connectivity index (χ4v) is 2.87. The predicted molar refractivity (Wildman–Crippen MR) is 74.4 cm³/mol. The molecule has 2 rings (SSSR count). The average molecular weight is 309 g/mol. The molecule has 0 amide bonds. The second kappa shape index (κ2) is 5.95. The van der Waals surface area contributed by atoms with Crippen LogP contribution in [-0.4, -0.2) is 29.9 Å². The fourth-order valence-electron chi connectivity index (χ4n) is 1.64. The summed E-state index contributed by atoms with van der Waals surface area (Å²) in [6.45, 7) is -0.453. The highest BCUT2D eigenvalue weighted by Gasteiger charge is 2.19. The standard InChI is InChI=1S/C13H12FN3O3S/c1-17-13(6-7-15-17)16-21(19,20)12-5-4-11(14)9-10(12)3-2-8-18/h4-7,9,16,18H,8H2,1H3. The SMILES string of the molecule is Cn1nccc1NS(=O)(=O)c1ccc(F)cc1C#CCO. The largest absolute Gasteiger partial charge is 0.384 e. The van der Waals surface area contributed by atoms with E-state index in [9.17, 15) is 12.8 Å². The molecular formula is C13H12FN3O3S. The number of aryl methyl sites for hydroxylation is 1. The first kappa shape index (κ1) is 15.0. The minimum absolute atomic E-state index is 0.0290. The van der Waals surface area contributed by atoms with Gasteiger partial charge in [-0.2, -0.15) is 5.10 Å². The molecule has 0 aliphatic carbocycles. The molecule has 0 aliphatic rings. The Morgan fingerprint density at radius 1 is 1.43 bits per heavy atom. The summed E-state index contributed by atoms with van der Waals surface area (Å²) in [7, 11) is -2.37. The molecule has 6 nitrogen and oxygen atoms in total. The van der Waals surface area contributed by atoms with Crippen LogP contribution < -0.4 is 4.72 Å². The molecule has 0 saturated carbocycles. The minimum atomic E-state index is -3.95. The van der Waals surface area contributed by atoms with Crippen LogP contribution in [0.15, 0.2) is 35.4 Å². The van der Waals surface area contributed by atoms with E-state index in [0.29, 0.717) is 0 Å². The molecule has 8 heteroatoms. The lowest BCUT2D eigenvalue weighted by Gasteiger charge is -2.09. The third-order valence-corrected chi connectivity index (χ3v) is 4.01. The molecule has 0 fully saturated rings. The number of nitrogens with one attached hydrogen (secondary N) is 1. The molecular weight excluding hydrogens is 297 g/mol. The number of benzene rings is 1. The van der Waals surface area contributed by atoms with Gasteiger partial charge in [-0.1, -0.05) is 11.8 Å². The topological polar surface area (TPSA) is 84.2 Å². The Bertz CT molecular complexity index is 819. The smallest absolute Gasteiger partial charge is 0.264 e. The van der Waals surface area contributed by atoms with Crippen molar-refractivity contribution in [3.63, 3.8) is 0 Å². The van der Waals surface area contributed by atoms with E-state index in [-0.39, 0.29) is 16.3 Å². The number of nitrogens with zero attached hydrogens (tertiary/aromatic N) is 2. The van der Waals surface area contributed by atoms with Gasteiger partial charge in [0.1, 0.15) is 23.1 Å². The highest BCUT2D eigenvalue weighted by Crippen LogP contribution is 2.19. The molecule has 2 aromatic rings. The molecule has 0 aliphatic heterocycles. The van der Waals surface area contributed by atoms with Crippen molar-refractivity contribution < 1.29 is 17.9 Å². The summed E-state index contributed by atoms with van der Waals surface area (Å²) in [4.78, 5) is -0.175. The number of anilines is 1. The van der Waals surface area contributed by atoms with Gasteiger partial charge in [0.05, 0.1) is 6.20 Å². The van der Waals surface area contributed by atoms with Crippen molar-refractivity contribution in [1.29, 1.82) is 0 Å². The number of aliphatic hydroxyl groups is 1. The lowest BCUT2D eigenvalue weighted by Crippen LogP contribution is -2.16. The molecule has 1 aromatic carbocycles. The summed E-state index contributed by atoms with van der Waals surface area (Å²) in [5.74, 6) is 4.38. The van der Waals surface area contributed by atoms with Gasteiger partial charge in [0.2, 0.25) is 0 Å². The van der Waals surface area contributed by atoms with Crippen molar-refractivity contribution >= 4 is 15.8 Å². The summed E-state index contributed by atoms with van der Waals surface area (Å²) in [5.41, 5.74) is -0.0290. The zero-order valence-corrected chi connectivity index (χ0v) is 11.9. The van der Waals surface area contributed by atoms with E-state index in [1.54, 1.807) is 7.05 Å². The molecule has 0 unspecified atom stereocenters. The first-order valence-corrected chi connectivity index (χ1v) is 7.32. The third-order valence-electron chi connectivity index (χ3n) is 2.59. The summed E-state index contributed by atoms with van der Waals surface area (Å²) < 4.78 is 41.6. The Kier molecular flexibility index (Phi) is 4.26. The fraction of sp³-hybridized carbons (Fsp3) is 0.154. The van der Waals surface area contributed by atoms with Gasteiger partial charge in [-0.3, -0.25) is 9.40 Å². The first-order valence-electron chi connectivity index (χ1n) is 5.84. The van der Waals surface area contributed by atoms with Gasteiger partial charge in [-0.15, -0.1) is 0 Å². The zero-order chi connectivity index (χ0) is 15.5. The predicted octanol–water partition coefficient (Wildman–Crippen LogP) is 0.704. The van der Waals surface area contributed by atoms with Crippen molar-refractivity contribution in [3.05, 3.63) is 41.8 Å². The Labute approximate surface area is 121 Å². The number of hydrogen-bond acceptors (Lipinski definition) is 4. The summed E-state index contributed by atoms with van der Waals surface area (Å²) >= 11 is 0. The van der Waals surface area contributed by atoms with E-state index < -0.39 is 22.4 Å². The van der Waals surface area contributed by atoms with Crippen LogP contribution in [0.4, 0.5) is 10.2 Å². The normalized spacial score (nSPS) is 10.8. The quantitative estimate of drug-likeness (QED) is 0.818. The van der Waals surface area contributed by atoms with Crippen molar-refractivity contribution in [2.24, 2.45) is 7.05 Å². The Hall–Kier alpha value is -2.37. The molecule has 0 atom stereocenters. The average Bonchev–Trinajstić information content (AvgIpc) is 2.81. The second-order valence-corrected chi connectivity index (χ2v) is 5.70. The number of sulfonamides is 1. The number of aliphatic hydroxyl groups excluding tert-OH is 1. The zero-order valence-electron chi connectivity index (χ0n) is 11.0. The van der Waals surface area contributed by atoms with Crippen LogP contribution in [0, 0.1) is 17.7 Å². The Morgan fingerprint density at radius 3 is 2.81 bits per heavy atom. The Morgan fingerprint density at radius 2 is 2.19 bits per heavy atom. The highest BCUT2D eigenvalue weighted by molar-refractivity contribution is 7.92. The van der Waals surface area contributed by atoms with E-state index in [4.69, 9.17) is 5.11 Å². The minimum Gasteiger partial charge on any atom is -0.384 e. The van der Waals surface area contributed by atoms with Crippen molar-refractivity contribution in [1.82, 2.24) is 9.78 Å². The number of halogens is 1. The van der Waals surface area contributed by atoms with Crippen LogP contribution in [-0.2, 0) is 17.1 Å². The van der Waals surface area contributed by atoms with E-state index in [2.05, 4.69) is 21.7 Å². The van der Waals surface area contributed by atoms with Crippen LogP contribution >= 0.6 is 0 Å². The van der Waals surface area contributed by atoms with Crippen molar-refractivity contribution in [2.75, 3.05) is 11.3 Å². The molecule has 0 spiro atoms. The second-order valence-electron chi connectivity index (χ2n) is 4.05. The summed E-state index contributed by atoms with van der Waals surface area (Å²) in [6.07, 6.45) is 1.44. The van der Waals surface area contributed by atoms with Gasteiger partial charge in [0.25, 0.3) is 10.0 Å². The van der Waals surface area contributed by atoms with Crippen LogP contribution in [0.3, 0.4) is 0 Å². The van der Waals surface area contributed by atoms with Crippen molar-refractivity contribution in [3.8, 4) is 11.8 Å². The van der Waals surface area contributed by atoms with Crippen LogP contribution in [0.1, 0.15) is 5.56 Å². The molecule has 0 saturated heterocycles. The summed E-state index contributed by atoms with van der Waals surface area (Å²) in [5, 5.41) is 12.5. The molecule has 1 heterocycles. The first-order chi connectivity index (χ1) is 9.94. The van der Waals surface area contributed by atoms with Gasteiger partial charge in [-0.25, -0.2) is 12.8 Å². The number of rotatable bonds is 3. The molecule has 21 heavy (non-hydrogen) atoms. The third kappa shape index (κ3) is 3.39. The van der Waals surface area contributed by atoms with E-state index in [0.717, 1.165) is 18.2 Å². The number of aromatic nitrogens is 2. The maximum atomic E-state index is 13.2. The van der Waals surface area contributed by atoms with Crippen LogP contribution in [0.5, 0.6) is 0 Å². The lowest BCUT2D eigenvalue weighted by molar-refractivity contribution is 0.350. The van der Waals surface area contributed by atoms with Gasteiger partial charge < -0.3 is 5.11 Å². The monoisotopic (exact) mass is 309 g/mol. The van der Waals surface area contributed by atoms with Gasteiger partial charge in [-0.05, 0) is 18.2 Å². The lowest BCUT2D eigenvalue weighted by atomic mass is 10.2. The molecule has 2 N–H and O–H groups in total. The molecule has 1 aromatic heterocycles. The van der Waals surface area contributed by atoms with Gasteiger partial charge in [0, 0.05) is 18.7 Å². The molecule has 110 valence electrons. The van der Waals surface area contributed by atoms with E-state index in [1.165, 1.54) is 16.9 Å². The van der Waals surface area contributed by atoms with Crippen molar-refractivity contribution in [2.45, 2.75) is 4.90 Å². The number of hydrogen-bond donors (Lipinski definition) is 2. The van der Waals surface area contributed by atoms with E-state index in [1.807, 2.05) is 0 Å². The van der Waals surface area contributed by atoms with Crippen LogP contribution in [0.25, 0.3) is 0 Å².